The molecule has 34 heavy (non-hydrogen) atoms. The Labute approximate surface area is 200 Å². The van der Waals surface area contributed by atoms with Gasteiger partial charge in [0.15, 0.2) is 0 Å². The number of amides is 2. The molecule has 0 radical (unpaired) electrons. The molecule has 0 bridgehead atoms. The molecule has 0 unspecified atom stereocenters. The number of aryl methyl sites for hydroxylation is 1. The lowest BCUT2D eigenvalue weighted by molar-refractivity contribution is -0.120. The summed E-state index contributed by atoms with van der Waals surface area (Å²) >= 11 is 0. The van der Waals surface area contributed by atoms with Gasteiger partial charge in [0.05, 0.1) is 13.0 Å². The van der Waals surface area contributed by atoms with Crippen LogP contribution in [0, 0.1) is 6.92 Å². The molecule has 0 aliphatic heterocycles. The van der Waals surface area contributed by atoms with Gasteiger partial charge in [-0.15, -0.1) is 0 Å². The van der Waals surface area contributed by atoms with Gasteiger partial charge in [0.25, 0.3) is 5.91 Å². The molecule has 170 valence electrons. The van der Waals surface area contributed by atoms with Gasteiger partial charge in [-0.05, 0) is 47.9 Å². The van der Waals surface area contributed by atoms with Crippen LogP contribution in [0.4, 0.5) is 5.69 Å². The van der Waals surface area contributed by atoms with Crippen LogP contribution >= 0.6 is 0 Å². The van der Waals surface area contributed by atoms with Crippen LogP contribution in [0.2, 0.25) is 0 Å². The molecule has 4 rings (SSSR count). The molecule has 0 saturated carbocycles. The highest BCUT2D eigenvalue weighted by atomic mass is 16.2. The van der Waals surface area contributed by atoms with Crippen LogP contribution in [-0.4, -0.2) is 11.8 Å². The standard InChI is InChI=1S/C30H28N2O2/c1-23-10-8-14-26(18-23)21-31-29(33)20-25-13-9-17-28(19-25)32(22-24-11-4-2-5-12-24)30(34)27-15-6-3-7-16-27/h2-19H,20-22H2,1H3,(H,31,33). The van der Waals surface area contributed by atoms with Crippen molar-refractivity contribution in [1.29, 1.82) is 0 Å². The monoisotopic (exact) mass is 448 g/mol. The van der Waals surface area contributed by atoms with E-state index in [0.717, 1.165) is 22.4 Å². The Morgan fingerprint density at radius 2 is 1.35 bits per heavy atom. The van der Waals surface area contributed by atoms with Crippen molar-refractivity contribution in [1.82, 2.24) is 5.32 Å². The Hall–Kier alpha value is -4.18. The molecular weight excluding hydrogens is 420 g/mol. The lowest BCUT2D eigenvalue weighted by Crippen LogP contribution is -2.30. The summed E-state index contributed by atoms with van der Waals surface area (Å²) in [7, 11) is 0. The Bertz CT molecular complexity index is 1250. The van der Waals surface area contributed by atoms with Crippen molar-refractivity contribution in [3.63, 3.8) is 0 Å². The van der Waals surface area contributed by atoms with Crippen LogP contribution in [0.5, 0.6) is 0 Å². The van der Waals surface area contributed by atoms with E-state index < -0.39 is 0 Å². The van der Waals surface area contributed by atoms with Crippen molar-refractivity contribution in [3.05, 3.63) is 137 Å². The van der Waals surface area contributed by atoms with Gasteiger partial charge in [-0.2, -0.15) is 0 Å². The van der Waals surface area contributed by atoms with Gasteiger partial charge in [-0.3, -0.25) is 9.59 Å². The molecule has 1 N–H and O–H groups in total. The number of carbonyl (C=O) groups excluding carboxylic acids is 2. The number of nitrogens with one attached hydrogen (secondary N) is 1. The second-order valence-corrected chi connectivity index (χ2v) is 8.36. The second kappa shape index (κ2) is 11.1. The van der Waals surface area contributed by atoms with E-state index in [1.54, 1.807) is 4.90 Å². The molecule has 0 heterocycles. The first kappa shape index (κ1) is 23.0. The molecule has 0 spiro atoms. The zero-order valence-electron chi connectivity index (χ0n) is 19.3. The first-order valence-corrected chi connectivity index (χ1v) is 11.4. The quantitative estimate of drug-likeness (QED) is 0.376. The maximum atomic E-state index is 13.4. The van der Waals surface area contributed by atoms with Crippen molar-refractivity contribution >= 4 is 17.5 Å². The summed E-state index contributed by atoms with van der Waals surface area (Å²) in [5, 5.41) is 2.99. The highest BCUT2D eigenvalue weighted by Crippen LogP contribution is 2.22. The van der Waals surface area contributed by atoms with Gasteiger partial charge in [0.2, 0.25) is 5.91 Å². The summed E-state index contributed by atoms with van der Waals surface area (Å²) in [6, 6.07) is 34.9. The fraction of sp³-hybridized carbons (Fsp3) is 0.133. The molecule has 4 aromatic carbocycles. The SMILES string of the molecule is Cc1cccc(CNC(=O)Cc2cccc(N(Cc3ccccc3)C(=O)c3ccccc3)c2)c1. The van der Waals surface area contributed by atoms with Crippen molar-refractivity contribution in [3.8, 4) is 0 Å². The van der Waals surface area contributed by atoms with Crippen LogP contribution < -0.4 is 10.2 Å². The van der Waals surface area contributed by atoms with E-state index in [4.69, 9.17) is 0 Å². The van der Waals surface area contributed by atoms with E-state index >= 15 is 0 Å². The first-order chi connectivity index (χ1) is 16.6. The zero-order valence-corrected chi connectivity index (χ0v) is 19.3. The van der Waals surface area contributed by atoms with E-state index in [1.165, 1.54) is 5.56 Å². The molecule has 2 amide bonds. The number of hydrogen-bond donors (Lipinski definition) is 1. The summed E-state index contributed by atoms with van der Waals surface area (Å²) in [5.41, 5.74) is 5.53. The minimum absolute atomic E-state index is 0.0531. The highest BCUT2D eigenvalue weighted by molar-refractivity contribution is 6.06. The van der Waals surface area contributed by atoms with E-state index in [0.29, 0.717) is 18.7 Å². The lowest BCUT2D eigenvalue weighted by atomic mass is 10.1. The molecule has 0 saturated heterocycles. The zero-order chi connectivity index (χ0) is 23.8. The van der Waals surface area contributed by atoms with E-state index in [9.17, 15) is 9.59 Å². The minimum atomic E-state index is -0.0782. The number of anilines is 1. The van der Waals surface area contributed by atoms with Crippen molar-refractivity contribution in [2.75, 3.05) is 4.90 Å². The Kier molecular flexibility index (Phi) is 7.51. The predicted octanol–water partition coefficient (Wildman–Crippen LogP) is 5.70. The highest BCUT2D eigenvalue weighted by Gasteiger charge is 2.19. The molecular formula is C30H28N2O2. The lowest BCUT2D eigenvalue weighted by Gasteiger charge is -2.24. The Balaban J connectivity index is 1.51. The van der Waals surface area contributed by atoms with Gasteiger partial charge < -0.3 is 10.2 Å². The smallest absolute Gasteiger partial charge is 0.258 e. The normalized spacial score (nSPS) is 10.5. The Morgan fingerprint density at radius 1 is 0.706 bits per heavy atom. The van der Waals surface area contributed by atoms with Gasteiger partial charge in [0, 0.05) is 17.8 Å². The van der Waals surface area contributed by atoms with Gasteiger partial charge in [-0.1, -0.05) is 90.5 Å². The maximum absolute atomic E-state index is 13.4. The molecule has 4 aromatic rings. The summed E-state index contributed by atoms with van der Waals surface area (Å²) in [6.07, 6.45) is 0.248. The topological polar surface area (TPSA) is 49.4 Å². The number of carbonyl (C=O) groups is 2. The van der Waals surface area contributed by atoms with Crippen LogP contribution in [0.3, 0.4) is 0 Å². The number of rotatable bonds is 8. The molecule has 0 fully saturated rings. The fourth-order valence-corrected chi connectivity index (χ4v) is 3.89. The third kappa shape index (κ3) is 6.20. The van der Waals surface area contributed by atoms with Gasteiger partial charge in [0.1, 0.15) is 0 Å². The van der Waals surface area contributed by atoms with Crippen LogP contribution in [0.25, 0.3) is 0 Å². The molecule has 0 aliphatic carbocycles. The summed E-state index contributed by atoms with van der Waals surface area (Å²) in [4.78, 5) is 27.8. The number of nitrogens with zero attached hydrogens (tertiary/aromatic N) is 1. The molecule has 4 heteroatoms. The van der Waals surface area contributed by atoms with Gasteiger partial charge in [-0.25, -0.2) is 0 Å². The molecule has 4 nitrogen and oxygen atoms in total. The first-order valence-electron chi connectivity index (χ1n) is 11.4. The van der Waals surface area contributed by atoms with Crippen LogP contribution in [0.1, 0.15) is 32.6 Å². The number of hydrogen-bond acceptors (Lipinski definition) is 2. The summed E-state index contributed by atoms with van der Waals surface area (Å²) in [6.45, 7) is 2.97. The van der Waals surface area contributed by atoms with Crippen molar-refractivity contribution < 1.29 is 9.59 Å². The largest absolute Gasteiger partial charge is 0.352 e. The van der Waals surface area contributed by atoms with E-state index in [-0.39, 0.29) is 18.2 Å². The summed E-state index contributed by atoms with van der Waals surface area (Å²) < 4.78 is 0. The number of benzene rings is 4. The van der Waals surface area contributed by atoms with Crippen LogP contribution in [0.15, 0.2) is 109 Å². The van der Waals surface area contributed by atoms with Crippen LogP contribution in [-0.2, 0) is 24.3 Å². The predicted molar refractivity (Wildman–Crippen MR) is 137 cm³/mol. The maximum Gasteiger partial charge on any atom is 0.258 e. The van der Waals surface area contributed by atoms with Crippen molar-refractivity contribution in [2.24, 2.45) is 0 Å². The van der Waals surface area contributed by atoms with E-state index in [1.807, 2.05) is 110 Å². The molecule has 0 aliphatic rings. The third-order valence-corrected chi connectivity index (χ3v) is 5.61. The summed E-state index contributed by atoms with van der Waals surface area (Å²) in [5.74, 6) is -0.131. The van der Waals surface area contributed by atoms with Crippen molar-refractivity contribution in [2.45, 2.75) is 26.4 Å². The fourth-order valence-electron chi connectivity index (χ4n) is 3.89. The van der Waals surface area contributed by atoms with Gasteiger partial charge >= 0.3 is 0 Å². The average Bonchev–Trinajstić information content (AvgIpc) is 2.87. The molecule has 0 aromatic heterocycles. The third-order valence-electron chi connectivity index (χ3n) is 5.61. The average molecular weight is 449 g/mol. The van der Waals surface area contributed by atoms with E-state index in [2.05, 4.69) is 11.4 Å². The minimum Gasteiger partial charge on any atom is -0.352 e. The second-order valence-electron chi connectivity index (χ2n) is 8.36. The Morgan fingerprint density at radius 3 is 2.09 bits per heavy atom. The molecule has 0 atom stereocenters.